The minimum Gasteiger partial charge on any atom is -0.493 e. The average molecular weight is 243 g/mol. The van der Waals surface area contributed by atoms with Crippen molar-refractivity contribution >= 4 is 0 Å². The van der Waals surface area contributed by atoms with Crippen LogP contribution in [0.2, 0.25) is 0 Å². The van der Waals surface area contributed by atoms with Crippen molar-refractivity contribution in [3.05, 3.63) is 29.3 Å². The molecule has 2 heteroatoms. The predicted molar refractivity (Wildman–Crippen MR) is 72.7 cm³/mol. The van der Waals surface area contributed by atoms with Crippen LogP contribution in [0.5, 0.6) is 5.75 Å². The molecule has 1 saturated carbocycles. The van der Waals surface area contributed by atoms with Gasteiger partial charge in [0, 0.05) is 11.8 Å². The van der Waals surface area contributed by atoms with Crippen LogP contribution in [0.25, 0.3) is 0 Å². The van der Waals surface area contributed by atoms with Gasteiger partial charge in [0.1, 0.15) is 5.75 Å². The molecule has 2 nitrogen and oxygen atoms in total. The molecular weight excluding hydrogens is 222 g/mol. The molecule has 0 heterocycles. The Morgan fingerprint density at radius 3 is 2.67 bits per heavy atom. The number of hydrogen-bond acceptors (Lipinski definition) is 2. The van der Waals surface area contributed by atoms with Gasteiger partial charge in [0.15, 0.2) is 0 Å². The van der Waals surface area contributed by atoms with Crippen molar-refractivity contribution in [1.29, 1.82) is 5.26 Å². The molecule has 0 spiro atoms. The molecule has 1 aromatic rings. The molecule has 0 radical (unpaired) electrons. The van der Waals surface area contributed by atoms with Crippen LogP contribution in [0.4, 0.5) is 0 Å². The number of rotatable bonds is 5. The van der Waals surface area contributed by atoms with Gasteiger partial charge in [-0.3, -0.25) is 0 Å². The first-order valence-electron chi connectivity index (χ1n) is 6.67. The summed E-state index contributed by atoms with van der Waals surface area (Å²) in [5.74, 6) is 1.49. The fourth-order valence-electron chi connectivity index (χ4n) is 2.08. The second-order valence-corrected chi connectivity index (χ2v) is 5.80. The maximum atomic E-state index is 8.81. The van der Waals surface area contributed by atoms with E-state index in [2.05, 4.69) is 45.0 Å². The van der Waals surface area contributed by atoms with Crippen molar-refractivity contribution in [2.75, 3.05) is 6.61 Å². The number of hydrogen-bond donors (Lipinski definition) is 0. The van der Waals surface area contributed by atoms with Crippen LogP contribution in [0.1, 0.15) is 50.2 Å². The van der Waals surface area contributed by atoms with Gasteiger partial charge in [-0.1, -0.05) is 26.0 Å². The van der Waals surface area contributed by atoms with Gasteiger partial charge >= 0.3 is 0 Å². The van der Waals surface area contributed by atoms with Crippen LogP contribution < -0.4 is 4.74 Å². The van der Waals surface area contributed by atoms with E-state index in [0.717, 1.165) is 18.6 Å². The third kappa shape index (κ3) is 2.85. The van der Waals surface area contributed by atoms with E-state index in [-0.39, 0.29) is 5.41 Å². The number of ether oxygens (including phenoxy) is 1. The van der Waals surface area contributed by atoms with Gasteiger partial charge in [0.2, 0.25) is 0 Å². The molecule has 0 aromatic heterocycles. The van der Waals surface area contributed by atoms with Gasteiger partial charge < -0.3 is 4.74 Å². The molecule has 1 aliphatic rings. The number of nitrogens with zero attached hydrogens (tertiary/aromatic N) is 1. The van der Waals surface area contributed by atoms with E-state index in [1.54, 1.807) is 0 Å². The van der Waals surface area contributed by atoms with E-state index in [9.17, 15) is 0 Å². The highest BCUT2D eigenvalue weighted by molar-refractivity contribution is 5.37. The summed E-state index contributed by atoms with van der Waals surface area (Å²) in [5, 5.41) is 8.81. The summed E-state index contributed by atoms with van der Waals surface area (Å²) in [4.78, 5) is 0. The van der Waals surface area contributed by atoms with Gasteiger partial charge in [-0.05, 0) is 42.9 Å². The lowest BCUT2D eigenvalue weighted by Crippen LogP contribution is -2.13. The van der Waals surface area contributed by atoms with E-state index in [4.69, 9.17) is 10.00 Å². The second-order valence-electron chi connectivity index (χ2n) is 5.80. The Labute approximate surface area is 110 Å². The standard InChI is InChI=1S/C16H21NO/c1-12(2)14-5-4-13(3)15(10-14)18-11-16(6-7-16)8-9-17/h4-5,10,12H,6-8,11H2,1-3H3. The van der Waals surface area contributed by atoms with Gasteiger partial charge in [-0.25, -0.2) is 0 Å². The molecule has 0 aliphatic heterocycles. The molecule has 2 rings (SSSR count). The second kappa shape index (κ2) is 5.02. The van der Waals surface area contributed by atoms with E-state index >= 15 is 0 Å². The van der Waals surface area contributed by atoms with Crippen molar-refractivity contribution in [1.82, 2.24) is 0 Å². The SMILES string of the molecule is Cc1ccc(C(C)C)cc1OCC1(CC#N)CC1. The molecule has 0 saturated heterocycles. The first-order chi connectivity index (χ1) is 8.56. The summed E-state index contributed by atoms with van der Waals surface area (Å²) in [5.41, 5.74) is 2.63. The maximum absolute atomic E-state index is 8.81. The molecule has 96 valence electrons. The smallest absolute Gasteiger partial charge is 0.122 e. The largest absolute Gasteiger partial charge is 0.493 e. The monoisotopic (exact) mass is 243 g/mol. The maximum Gasteiger partial charge on any atom is 0.122 e. The number of aryl methyl sites for hydroxylation is 1. The normalized spacial score (nSPS) is 16.4. The van der Waals surface area contributed by atoms with Crippen LogP contribution in [0, 0.1) is 23.7 Å². The molecule has 0 atom stereocenters. The summed E-state index contributed by atoms with van der Waals surface area (Å²) < 4.78 is 5.96. The Hall–Kier alpha value is -1.49. The summed E-state index contributed by atoms with van der Waals surface area (Å²) in [6, 6.07) is 8.69. The first kappa shape index (κ1) is 13.0. The third-order valence-electron chi connectivity index (χ3n) is 3.82. The highest BCUT2D eigenvalue weighted by atomic mass is 16.5. The highest BCUT2D eigenvalue weighted by Gasteiger charge is 2.43. The number of nitriles is 1. The lowest BCUT2D eigenvalue weighted by Gasteiger charge is -2.16. The molecule has 1 aliphatic carbocycles. The van der Waals surface area contributed by atoms with Crippen molar-refractivity contribution in [2.24, 2.45) is 5.41 Å². The van der Waals surface area contributed by atoms with Gasteiger partial charge in [-0.15, -0.1) is 0 Å². The summed E-state index contributed by atoms with van der Waals surface area (Å²) in [6.45, 7) is 7.13. The van der Waals surface area contributed by atoms with Crippen molar-refractivity contribution < 1.29 is 4.74 Å². The minimum atomic E-state index is 0.148. The molecular formula is C16H21NO. The summed E-state index contributed by atoms with van der Waals surface area (Å²) in [6.07, 6.45) is 2.88. The number of benzene rings is 1. The van der Waals surface area contributed by atoms with Crippen LogP contribution in [0.15, 0.2) is 18.2 Å². The van der Waals surface area contributed by atoms with E-state index in [0.29, 0.717) is 18.9 Å². The van der Waals surface area contributed by atoms with Crippen LogP contribution >= 0.6 is 0 Å². The lowest BCUT2D eigenvalue weighted by molar-refractivity contribution is 0.235. The zero-order valence-corrected chi connectivity index (χ0v) is 11.5. The minimum absolute atomic E-state index is 0.148. The Morgan fingerprint density at radius 2 is 2.11 bits per heavy atom. The van der Waals surface area contributed by atoms with Crippen LogP contribution in [-0.4, -0.2) is 6.61 Å². The molecule has 0 N–H and O–H groups in total. The molecule has 0 bridgehead atoms. The third-order valence-corrected chi connectivity index (χ3v) is 3.82. The Balaban J connectivity index is 2.05. The zero-order valence-electron chi connectivity index (χ0n) is 11.5. The van der Waals surface area contributed by atoms with Crippen molar-refractivity contribution in [2.45, 2.75) is 46.0 Å². The van der Waals surface area contributed by atoms with Crippen LogP contribution in [0.3, 0.4) is 0 Å². The van der Waals surface area contributed by atoms with Crippen molar-refractivity contribution in [3.63, 3.8) is 0 Å². The summed E-state index contributed by atoms with van der Waals surface area (Å²) >= 11 is 0. The molecule has 1 aromatic carbocycles. The Morgan fingerprint density at radius 1 is 1.39 bits per heavy atom. The van der Waals surface area contributed by atoms with Gasteiger partial charge in [0.05, 0.1) is 12.7 Å². The molecule has 0 amide bonds. The Kier molecular flexibility index (Phi) is 3.61. The van der Waals surface area contributed by atoms with E-state index in [1.165, 1.54) is 11.1 Å². The lowest BCUT2D eigenvalue weighted by atomic mass is 10.0. The van der Waals surface area contributed by atoms with E-state index in [1.807, 2.05) is 0 Å². The zero-order chi connectivity index (χ0) is 13.2. The molecule has 0 unspecified atom stereocenters. The predicted octanol–water partition coefficient (Wildman–Crippen LogP) is 4.19. The van der Waals surface area contributed by atoms with Gasteiger partial charge in [-0.2, -0.15) is 5.26 Å². The highest BCUT2D eigenvalue weighted by Crippen LogP contribution is 2.48. The van der Waals surface area contributed by atoms with E-state index < -0.39 is 0 Å². The quantitative estimate of drug-likeness (QED) is 0.776. The van der Waals surface area contributed by atoms with Gasteiger partial charge in [0.25, 0.3) is 0 Å². The Bertz CT molecular complexity index is 466. The van der Waals surface area contributed by atoms with Crippen LogP contribution in [-0.2, 0) is 0 Å². The molecule has 18 heavy (non-hydrogen) atoms. The topological polar surface area (TPSA) is 33.0 Å². The van der Waals surface area contributed by atoms with Crippen molar-refractivity contribution in [3.8, 4) is 11.8 Å². The fraction of sp³-hybridized carbons (Fsp3) is 0.562. The average Bonchev–Trinajstić information content (AvgIpc) is 3.08. The summed E-state index contributed by atoms with van der Waals surface area (Å²) in [7, 11) is 0. The first-order valence-corrected chi connectivity index (χ1v) is 6.67. The fourth-order valence-corrected chi connectivity index (χ4v) is 2.08. The molecule has 1 fully saturated rings.